The molecule has 0 unspecified atom stereocenters. The molecule has 2 aromatic carbocycles. The Morgan fingerprint density at radius 3 is 2.67 bits per heavy atom. The number of nitrogens with zero attached hydrogens (tertiary/aromatic N) is 2. The van der Waals surface area contributed by atoms with Crippen molar-refractivity contribution in [1.82, 2.24) is 10.2 Å². The molecule has 192 valence electrons. The summed E-state index contributed by atoms with van der Waals surface area (Å²) < 4.78 is 6.12. The van der Waals surface area contributed by atoms with Crippen molar-refractivity contribution in [1.29, 1.82) is 0 Å². The van der Waals surface area contributed by atoms with Crippen molar-refractivity contribution in [3.8, 4) is 5.75 Å². The lowest BCUT2D eigenvalue weighted by molar-refractivity contribution is -0.122. The molecule has 2 atom stereocenters. The van der Waals surface area contributed by atoms with Crippen molar-refractivity contribution in [3.05, 3.63) is 57.4 Å². The van der Waals surface area contributed by atoms with Crippen LogP contribution >= 0.6 is 27.7 Å². The Balaban J connectivity index is 1.40. The predicted molar refractivity (Wildman–Crippen MR) is 150 cm³/mol. The summed E-state index contributed by atoms with van der Waals surface area (Å²) in [5.74, 6) is 1.88. The summed E-state index contributed by atoms with van der Waals surface area (Å²) in [7, 11) is 1.62. The van der Waals surface area contributed by atoms with Gasteiger partial charge < -0.3 is 15.0 Å². The third-order valence-corrected chi connectivity index (χ3v) is 8.22. The van der Waals surface area contributed by atoms with Gasteiger partial charge in [-0.15, -0.1) is 0 Å². The largest absolute Gasteiger partial charge is 0.496 e. The summed E-state index contributed by atoms with van der Waals surface area (Å²) in [6, 6.07) is 13.4. The van der Waals surface area contributed by atoms with Crippen molar-refractivity contribution < 1.29 is 14.3 Å². The van der Waals surface area contributed by atoms with Crippen molar-refractivity contribution in [2.45, 2.75) is 31.6 Å². The Labute approximate surface area is 226 Å². The van der Waals surface area contributed by atoms with E-state index < -0.39 is 0 Å². The molecule has 0 saturated carbocycles. The highest BCUT2D eigenvalue weighted by Crippen LogP contribution is 2.42. The molecular weight excluding hydrogens is 538 g/mol. The monoisotopic (exact) mass is 571 g/mol. The quantitative estimate of drug-likeness (QED) is 0.338. The van der Waals surface area contributed by atoms with E-state index in [9.17, 15) is 9.59 Å². The number of hydrogen-bond acceptors (Lipinski definition) is 5. The number of halogens is 1. The first kappa shape index (κ1) is 26.8. The van der Waals surface area contributed by atoms with Crippen molar-refractivity contribution in [3.63, 3.8) is 0 Å². The summed E-state index contributed by atoms with van der Waals surface area (Å²) >= 11 is 4.94. The van der Waals surface area contributed by atoms with Gasteiger partial charge >= 0.3 is 0 Å². The first-order chi connectivity index (χ1) is 17.3. The lowest BCUT2D eigenvalue weighted by atomic mass is 9.92. The number of carbonyl (C=O) groups is 2. The van der Waals surface area contributed by atoms with Crippen molar-refractivity contribution in [2.75, 3.05) is 44.7 Å². The number of hydrogen-bond donors (Lipinski definition) is 1. The highest BCUT2D eigenvalue weighted by Gasteiger charge is 2.30. The second-order valence-corrected chi connectivity index (χ2v) is 11.7. The van der Waals surface area contributed by atoms with Gasteiger partial charge in [-0.2, -0.15) is 0 Å². The van der Waals surface area contributed by atoms with Crippen LogP contribution in [0.5, 0.6) is 5.75 Å². The number of amides is 2. The first-order valence-corrected chi connectivity index (χ1v) is 14.1. The summed E-state index contributed by atoms with van der Waals surface area (Å²) in [6.45, 7) is 8.49. The number of likely N-dealkylation sites (tertiary alicyclic amines) is 1. The normalized spacial score (nSPS) is 21.4. The number of methoxy groups -OCH3 is 1. The minimum absolute atomic E-state index is 0.00215. The number of benzene rings is 2. The SMILES string of the molecule is COc1ccc(/C=C2/Sc3ccccc3N(CC(=O)NCCCN3C[C@H](C)C[C@@H](C)C3)C2=O)cc1Br. The average Bonchev–Trinajstić information content (AvgIpc) is 2.84. The van der Waals surface area contributed by atoms with E-state index in [-0.39, 0.29) is 18.4 Å². The fourth-order valence-corrected chi connectivity index (χ4v) is 6.66. The third-order valence-electron chi connectivity index (χ3n) is 6.53. The second kappa shape index (κ2) is 12.3. The van der Waals surface area contributed by atoms with E-state index in [4.69, 9.17) is 4.74 Å². The van der Waals surface area contributed by atoms with Gasteiger partial charge in [-0.1, -0.05) is 43.8 Å². The standard InChI is InChI=1S/C28H34BrN3O3S/c1-19-13-20(2)17-31(16-19)12-6-11-30-27(33)18-32-23-7-4-5-8-25(23)36-26(28(32)34)15-21-9-10-24(35-3)22(29)14-21/h4-5,7-10,14-15,19-20H,6,11-13,16-18H2,1-3H3,(H,30,33)/b26-15+/t19-,20-/m1/s1. The molecule has 1 N–H and O–H groups in total. The summed E-state index contributed by atoms with van der Waals surface area (Å²) in [5.41, 5.74) is 1.65. The molecule has 2 aromatic rings. The minimum atomic E-state index is -0.169. The highest BCUT2D eigenvalue weighted by atomic mass is 79.9. The number of thioether (sulfide) groups is 1. The minimum Gasteiger partial charge on any atom is -0.496 e. The molecule has 2 aliphatic heterocycles. The average molecular weight is 573 g/mol. The van der Waals surface area contributed by atoms with Crippen LogP contribution in [0.4, 0.5) is 5.69 Å². The molecule has 2 aliphatic rings. The van der Waals surface area contributed by atoms with Crippen LogP contribution in [0, 0.1) is 11.8 Å². The van der Waals surface area contributed by atoms with Gasteiger partial charge in [-0.05, 0) is 83.1 Å². The number of para-hydroxylation sites is 1. The zero-order valence-corrected chi connectivity index (χ0v) is 23.5. The molecule has 0 radical (unpaired) electrons. The van der Waals surface area contributed by atoms with Gasteiger partial charge in [0.05, 0.1) is 22.2 Å². The molecule has 1 fully saturated rings. The molecule has 2 amide bonds. The topological polar surface area (TPSA) is 61.9 Å². The Bertz CT molecular complexity index is 1130. The van der Waals surface area contributed by atoms with E-state index in [1.54, 1.807) is 12.0 Å². The lowest BCUT2D eigenvalue weighted by Crippen LogP contribution is -2.43. The fraction of sp³-hybridized carbons (Fsp3) is 0.429. The number of rotatable bonds is 8. The van der Waals surface area contributed by atoms with Gasteiger partial charge in [0.25, 0.3) is 5.91 Å². The Hall–Kier alpha value is -2.29. The van der Waals surface area contributed by atoms with Crippen LogP contribution in [0.2, 0.25) is 0 Å². The summed E-state index contributed by atoms with van der Waals surface area (Å²) in [5, 5.41) is 3.02. The second-order valence-electron chi connectivity index (χ2n) is 9.77. The number of ether oxygens (including phenoxy) is 1. The van der Waals surface area contributed by atoms with Gasteiger partial charge in [0, 0.05) is 24.5 Å². The van der Waals surface area contributed by atoms with E-state index >= 15 is 0 Å². The van der Waals surface area contributed by atoms with Crippen LogP contribution in [0.25, 0.3) is 6.08 Å². The number of nitrogens with one attached hydrogen (secondary N) is 1. The van der Waals surface area contributed by atoms with Crippen molar-refractivity contribution >= 4 is 51.3 Å². The van der Waals surface area contributed by atoms with Gasteiger partial charge in [-0.25, -0.2) is 0 Å². The maximum absolute atomic E-state index is 13.4. The van der Waals surface area contributed by atoms with E-state index in [0.717, 1.165) is 64.3 Å². The molecule has 6 nitrogen and oxygen atoms in total. The Morgan fingerprint density at radius 2 is 1.94 bits per heavy atom. The molecule has 2 heterocycles. The molecule has 0 aromatic heterocycles. The van der Waals surface area contributed by atoms with E-state index in [0.29, 0.717) is 11.4 Å². The molecule has 0 bridgehead atoms. The summed E-state index contributed by atoms with van der Waals surface area (Å²) in [4.78, 5) is 31.9. The van der Waals surface area contributed by atoms with Crippen LogP contribution < -0.4 is 15.0 Å². The molecule has 36 heavy (non-hydrogen) atoms. The van der Waals surface area contributed by atoms with E-state index in [1.165, 1.54) is 18.2 Å². The number of fused-ring (bicyclic) bond motifs is 1. The molecular formula is C28H34BrN3O3S. The molecule has 1 saturated heterocycles. The zero-order valence-electron chi connectivity index (χ0n) is 21.1. The van der Waals surface area contributed by atoms with E-state index in [1.807, 2.05) is 48.5 Å². The Morgan fingerprint density at radius 1 is 1.19 bits per heavy atom. The number of piperidine rings is 1. The van der Waals surface area contributed by atoms with Crippen LogP contribution in [0.1, 0.15) is 32.3 Å². The lowest BCUT2D eigenvalue weighted by Gasteiger charge is -2.35. The van der Waals surface area contributed by atoms with E-state index in [2.05, 4.69) is 40.0 Å². The van der Waals surface area contributed by atoms with Gasteiger partial charge in [0.15, 0.2) is 0 Å². The zero-order chi connectivity index (χ0) is 25.7. The van der Waals surface area contributed by atoms with Crippen LogP contribution in [-0.2, 0) is 9.59 Å². The number of anilines is 1. The smallest absolute Gasteiger partial charge is 0.265 e. The molecule has 4 rings (SSSR count). The first-order valence-electron chi connectivity index (χ1n) is 12.5. The van der Waals surface area contributed by atoms with Gasteiger partial charge in [0.2, 0.25) is 5.91 Å². The van der Waals surface area contributed by atoms with Crippen LogP contribution in [0.15, 0.2) is 56.7 Å². The van der Waals surface area contributed by atoms with Gasteiger partial charge in [0.1, 0.15) is 12.3 Å². The third kappa shape index (κ3) is 6.72. The maximum Gasteiger partial charge on any atom is 0.265 e. The summed E-state index contributed by atoms with van der Waals surface area (Å²) in [6.07, 6.45) is 4.06. The molecule has 0 spiro atoms. The van der Waals surface area contributed by atoms with Crippen LogP contribution in [0.3, 0.4) is 0 Å². The predicted octanol–water partition coefficient (Wildman–Crippen LogP) is 5.42. The van der Waals surface area contributed by atoms with Gasteiger partial charge in [-0.3, -0.25) is 14.5 Å². The molecule has 0 aliphatic carbocycles. The van der Waals surface area contributed by atoms with Crippen LogP contribution in [-0.4, -0.2) is 56.5 Å². The maximum atomic E-state index is 13.4. The molecule has 8 heteroatoms. The fourth-order valence-electron chi connectivity index (χ4n) is 5.05. The van der Waals surface area contributed by atoms with Crippen molar-refractivity contribution in [2.24, 2.45) is 11.8 Å². The number of carbonyl (C=O) groups excluding carboxylic acids is 2. The highest BCUT2D eigenvalue weighted by molar-refractivity contribution is 9.10. The Kier molecular flexibility index (Phi) is 9.14.